The molecule has 1 N–H and O–H groups in total. The summed E-state index contributed by atoms with van der Waals surface area (Å²) in [6.07, 6.45) is 0. The van der Waals surface area contributed by atoms with Gasteiger partial charge in [-0.1, -0.05) is 23.9 Å². The van der Waals surface area contributed by atoms with Crippen molar-refractivity contribution in [2.75, 3.05) is 18.1 Å². The van der Waals surface area contributed by atoms with Gasteiger partial charge in [0.05, 0.1) is 18.9 Å². The molecule has 0 saturated carbocycles. The number of esters is 2. The van der Waals surface area contributed by atoms with Crippen molar-refractivity contribution in [1.29, 1.82) is 5.41 Å². The summed E-state index contributed by atoms with van der Waals surface area (Å²) >= 11 is 1.15. The topological polar surface area (TPSA) is 88.9 Å². The molecule has 0 saturated heterocycles. The van der Waals surface area contributed by atoms with Crippen molar-refractivity contribution in [1.82, 2.24) is 0 Å². The van der Waals surface area contributed by atoms with E-state index in [1.54, 1.807) is 48.4 Å². The number of carbonyl (C=O) groups excluding carboxylic acids is 2. The quantitative estimate of drug-likeness (QED) is 0.826. The van der Waals surface area contributed by atoms with Crippen molar-refractivity contribution in [2.45, 2.75) is 13.8 Å². The van der Waals surface area contributed by atoms with Crippen LogP contribution < -0.4 is 9.64 Å². The maximum atomic E-state index is 12.4. The van der Waals surface area contributed by atoms with Crippen LogP contribution in [0.1, 0.15) is 13.8 Å². The van der Waals surface area contributed by atoms with Gasteiger partial charge in [0.1, 0.15) is 10.7 Å². The summed E-state index contributed by atoms with van der Waals surface area (Å²) in [5, 5.41) is 10.2. The Balaban J connectivity index is 2.16. The Kier molecular flexibility index (Phi) is 4.80. The number of anilines is 1. The van der Waals surface area contributed by atoms with E-state index in [1.807, 2.05) is 0 Å². The number of hydrogen-bond donors (Lipinski definition) is 1. The third kappa shape index (κ3) is 3.00. The molecule has 0 atom stereocenters. The second-order valence-electron chi connectivity index (χ2n) is 4.98. The molecule has 7 nitrogen and oxygen atoms in total. The van der Waals surface area contributed by atoms with Crippen molar-refractivity contribution >= 4 is 35.3 Å². The Labute approximate surface area is 148 Å². The van der Waals surface area contributed by atoms with Crippen molar-refractivity contribution in [3.8, 4) is 5.75 Å². The van der Waals surface area contributed by atoms with E-state index >= 15 is 0 Å². The molecule has 0 fully saturated rings. The largest absolute Gasteiger partial charge is 0.462 e. The third-order valence-electron chi connectivity index (χ3n) is 3.45. The SMILES string of the molecule is CCOC(=O)C1=CSC2=C(C(=O)OCC)C(=N)Oc3ccccc3N12. The van der Waals surface area contributed by atoms with Gasteiger partial charge in [-0.2, -0.15) is 0 Å². The first-order valence-corrected chi connectivity index (χ1v) is 8.57. The first-order chi connectivity index (χ1) is 12.1. The minimum atomic E-state index is -0.675. The second-order valence-corrected chi connectivity index (χ2v) is 5.83. The van der Waals surface area contributed by atoms with E-state index in [0.29, 0.717) is 16.5 Å². The number of para-hydroxylation sites is 2. The molecule has 2 aliphatic heterocycles. The van der Waals surface area contributed by atoms with Gasteiger partial charge < -0.3 is 14.2 Å². The predicted octanol–water partition coefficient (Wildman–Crippen LogP) is 2.79. The Bertz CT molecular complexity index is 815. The Morgan fingerprint density at radius 3 is 2.56 bits per heavy atom. The van der Waals surface area contributed by atoms with E-state index in [4.69, 9.17) is 19.6 Å². The number of ether oxygens (including phenoxy) is 3. The lowest BCUT2D eigenvalue weighted by molar-refractivity contribution is -0.139. The first-order valence-electron chi connectivity index (χ1n) is 7.69. The Morgan fingerprint density at radius 1 is 1.16 bits per heavy atom. The number of nitrogens with one attached hydrogen (secondary N) is 1. The molecular weight excluding hydrogens is 344 g/mol. The highest BCUT2D eigenvalue weighted by atomic mass is 32.2. The highest BCUT2D eigenvalue weighted by Crippen LogP contribution is 2.46. The molecular formula is C17H16N2O5S. The molecule has 0 bridgehead atoms. The molecule has 0 amide bonds. The molecule has 0 unspecified atom stereocenters. The minimum Gasteiger partial charge on any atom is -0.462 e. The van der Waals surface area contributed by atoms with Gasteiger partial charge >= 0.3 is 11.9 Å². The number of carbonyl (C=O) groups is 2. The van der Waals surface area contributed by atoms with Gasteiger partial charge in [-0.25, -0.2) is 9.59 Å². The van der Waals surface area contributed by atoms with Crippen LogP contribution in [0.4, 0.5) is 5.69 Å². The number of fused-ring (bicyclic) bond motifs is 3. The van der Waals surface area contributed by atoms with Gasteiger partial charge in [-0.3, -0.25) is 10.3 Å². The molecule has 3 rings (SSSR count). The molecule has 2 aliphatic rings. The van der Waals surface area contributed by atoms with Gasteiger partial charge in [0.2, 0.25) is 5.90 Å². The van der Waals surface area contributed by atoms with Crippen molar-refractivity contribution in [3.63, 3.8) is 0 Å². The van der Waals surface area contributed by atoms with Crippen LogP contribution >= 0.6 is 11.8 Å². The summed E-state index contributed by atoms with van der Waals surface area (Å²) in [4.78, 5) is 26.3. The molecule has 0 aliphatic carbocycles. The number of hydrogen-bond acceptors (Lipinski definition) is 8. The highest BCUT2D eigenvalue weighted by Gasteiger charge is 2.39. The summed E-state index contributed by atoms with van der Waals surface area (Å²) in [6.45, 7) is 3.79. The molecule has 8 heteroatoms. The first kappa shape index (κ1) is 17.1. The predicted molar refractivity (Wildman–Crippen MR) is 93.2 cm³/mol. The normalized spacial score (nSPS) is 15.7. The zero-order valence-electron chi connectivity index (χ0n) is 13.7. The summed E-state index contributed by atoms with van der Waals surface area (Å²) in [6, 6.07) is 6.94. The lowest BCUT2D eigenvalue weighted by atomic mass is 10.2. The molecule has 0 spiro atoms. The fraction of sp³-hybridized carbons (Fsp3) is 0.235. The van der Waals surface area contributed by atoms with Crippen LogP contribution in [-0.2, 0) is 19.1 Å². The van der Waals surface area contributed by atoms with Gasteiger partial charge in [-0.15, -0.1) is 0 Å². The maximum Gasteiger partial charge on any atom is 0.355 e. The number of benzene rings is 1. The lowest BCUT2D eigenvalue weighted by Gasteiger charge is -2.22. The molecule has 25 heavy (non-hydrogen) atoms. The lowest BCUT2D eigenvalue weighted by Crippen LogP contribution is -2.26. The van der Waals surface area contributed by atoms with E-state index in [2.05, 4.69) is 0 Å². The summed E-state index contributed by atoms with van der Waals surface area (Å²) in [5.41, 5.74) is 0.777. The average Bonchev–Trinajstić information content (AvgIpc) is 2.95. The molecule has 0 aromatic heterocycles. The Morgan fingerprint density at radius 2 is 1.84 bits per heavy atom. The smallest absolute Gasteiger partial charge is 0.355 e. The van der Waals surface area contributed by atoms with E-state index < -0.39 is 11.9 Å². The van der Waals surface area contributed by atoms with Crippen LogP contribution in [0.2, 0.25) is 0 Å². The van der Waals surface area contributed by atoms with Gasteiger partial charge in [-0.05, 0) is 26.0 Å². The van der Waals surface area contributed by atoms with Crippen molar-refractivity contribution in [3.05, 3.63) is 46.0 Å². The minimum absolute atomic E-state index is 0.0291. The van der Waals surface area contributed by atoms with Gasteiger partial charge in [0.15, 0.2) is 11.3 Å². The van der Waals surface area contributed by atoms with Crippen LogP contribution in [0.5, 0.6) is 5.75 Å². The van der Waals surface area contributed by atoms with E-state index in [1.165, 1.54) is 0 Å². The fourth-order valence-corrected chi connectivity index (χ4v) is 3.47. The summed E-state index contributed by atoms with van der Waals surface area (Å²) < 4.78 is 15.7. The number of nitrogens with zero attached hydrogens (tertiary/aromatic N) is 1. The summed E-state index contributed by atoms with van der Waals surface area (Å²) in [7, 11) is 0. The second kappa shape index (κ2) is 7.02. The standard InChI is InChI=1S/C17H16N2O5S/c1-3-22-16(20)11-9-25-15-13(17(21)23-4-2)14(18)24-12-8-6-5-7-10(12)19(11)15/h5-9,18H,3-4H2,1-2H3. The molecule has 1 aromatic rings. The van der Waals surface area contributed by atoms with E-state index in [-0.39, 0.29) is 30.4 Å². The van der Waals surface area contributed by atoms with Gasteiger partial charge in [0, 0.05) is 5.41 Å². The monoisotopic (exact) mass is 360 g/mol. The highest BCUT2D eigenvalue weighted by molar-refractivity contribution is 8.06. The van der Waals surface area contributed by atoms with E-state index in [9.17, 15) is 9.59 Å². The fourth-order valence-electron chi connectivity index (χ4n) is 2.45. The Hall–Kier alpha value is -2.74. The van der Waals surface area contributed by atoms with Crippen LogP contribution in [0, 0.1) is 5.41 Å². The molecule has 1 aromatic carbocycles. The molecule has 0 radical (unpaired) electrons. The number of rotatable bonds is 4. The average molecular weight is 360 g/mol. The molecule has 130 valence electrons. The van der Waals surface area contributed by atoms with Crippen LogP contribution in [0.3, 0.4) is 0 Å². The zero-order valence-corrected chi connectivity index (χ0v) is 14.5. The summed E-state index contributed by atoms with van der Waals surface area (Å²) in [5.74, 6) is -1.15. The van der Waals surface area contributed by atoms with Crippen molar-refractivity contribution in [2.24, 2.45) is 0 Å². The van der Waals surface area contributed by atoms with Crippen LogP contribution in [0.25, 0.3) is 0 Å². The number of thioether (sulfide) groups is 1. The van der Waals surface area contributed by atoms with Gasteiger partial charge in [0.25, 0.3) is 0 Å². The van der Waals surface area contributed by atoms with Crippen LogP contribution in [0.15, 0.2) is 46.0 Å². The van der Waals surface area contributed by atoms with E-state index in [0.717, 1.165) is 11.8 Å². The third-order valence-corrected chi connectivity index (χ3v) is 4.40. The van der Waals surface area contributed by atoms with Crippen LogP contribution in [-0.4, -0.2) is 31.1 Å². The zero-order chi connectivity index (χ0) is 18.0. The maximum absolute atomic E-state index is 12.4. The van der Waals surface area contributed by atoms with Crippen molar-refractivity contribution < 1.29 is 23.8 Å². The molecule has 2 heterocycles.